The van der Waals surface area contributed by atoms with Gasteiger partial charge in [-0.2, -0.15) is 13.2 Å². The van der Waals surface area contributed by atoms with Gasteiger partial charge in [0.05, 0.1) is 22.2 Å². The number of likely N-dealkylation sites (tertiary alicyclic amines) is 1. The molecule has 204 valence electrons. The van der Waals surface area contributed by atoms with E-state index in [1.54, 1.807) is 25.4 Å². The van der Waals surface area contributed by atoms with Gasteiger partial charge >= 0.3 is 6.18 Å². The summed E-state index contributed by atoms with van der Waals surface area (Å²) >= 11 is 0. The molecule has 0 atom stereocenters. The summed E-state index contributed by atoms with van der Waals surface area (Å²) in [7, 11) is 1.74. The predicted octanol–water partition coefficient (Wildman–Crippen LogP) is 6.15. The highest BCUT2D eigenvalue weighted by atomic mass is 19.4. The SMILES string of the molecule is CC(=O)O.CN=C(N/C=C(\C)c1ccc(-c2nc3ccc(C(F)(F)F)cc3[nH]2)c(F)c1)N1CCC(C)CC1. The maximum absolute atomic E-state index is 15.0. The lowest BCUT2D eigenvalue weighted by atomic mass is 9.99. The van der Waals surface area contributed by atoms with Gasteiger partial charge in [0.15, 0.2) is 5.96 Å². The van der Waals surface area contributed by atoms with Gasteiger partial charge in [-0.15, -0.1) is 0 Å². The molecule has 0 unspecified atom stereocenters. The van der Waals surface area contributed by atoms with Crippen LogP contribution in [-0.2, 0) is 11.0 Å². The van der Waals surface area contributed by atoms with Gasteiger partial charge in [0.1, 0.15) is 11.6 Å². The normalized spacial score (nSPS) is 15.3. The molecule has 0 amide bonds. The maximum atomic E-state index is 15.0. The van der Waals surface area contributed by atoms with Crippen LogP contribution in [0.4, 0.5) is 17.6 Å². The van der Waals surface area contributed by atoms with Gasteiger partial charge in [0.2, 0.25) is 0 Å². The molecule has 2 aromatic carbocycles. The molecule has 1 saturated heterocycles. The van der Waals surface area contributed by atoms with Crippen molar-refractivity contribution in [1.82, 2.24) is 20.2 Å². The van der Waals surface area contributed by atoms with E-state index in [9.17, 15) is 17.6 Å². The number of carboxylic acid groups (broad SMARTS) is 1. The smallest absolute Gasteiger partial charge is 0.416 e. The Kier molecular flexibility index (Phi) is 9.13. The van der Waals surface area contributed by atoms with Crippen molar-refractivity contribution in [1.29, 1.82) is 0 Å². The number of piperidine rings is 1. The number of aromatic nitrogens is 2. The molecule has 1 aliphatic rings. The summed E-state index contributed by atoms with van der Waals surface area (Å²) in [5.41, 5.74) is 1.43. The minimum Gasteiger partial charge on any atom is -0.481 e. The van der Waals surface area contributed by atoms with Crippen molar-refractivity contribution in [2.45, 2.75) is 39.8 Å². The number of H-pyrrole nitrogens is 1. The van der Waals surface area contributed by atoms with Crippen LogP contribution in [0.5, 0.6) is 0 Å². The largest absolute Gasteiger partial charge is 0.481 e. The zero-order valence-electron chi connectivity index (χ0n) is 21.7. The summed E-state index contributed by atoms with van der Waals surface area (Å²) in [5.74, 6) is 0.322. The van der Waals surface area contributed by atoms with Crippen molar-refractivity contribution in [2.24, 2.45) is 10.9 Å². The molecule has 7 nitrogen and oxygen atoms in total. The van der Waals surface area contributed by atoms with E-state index in [1.807, 2.05) is 6.92 Å². The molecule has 1 aliphatic heterocycles. The average molecular weight is 534 g/mol. The van der Waals surface area contributed by atoms with E-state index in [0.29, 0.717) is 17.0 Å². The summed E-state index contributed by atoms with van der Waals surface area (Å²) in [4.78, 5) is 22.6. The number of aliphatic imine (C=N–C) groups is 1. The third-order valence-corrected chi connectivity index (χ3v) is 6.20. The van der Waals surface area contributed by atoms with Crippen molar-refractivity contribution in [2.75, 3.05) is 20.1 Å². The molecule has 1 fully saturated rings. The molecule has 4 rings (SSSR count). The minimum atomic E-state index is -4.46. The van der Waals surface area contributed by atoms with Crippen LogP contribution in [0.15, 0.2) is 47.6 Å². The Morgan fingerprint density at radius 1 is 1.18 bits per heavy atom. The molecule has 3 aromatic rings. The number of hydrogen-bond acceptors (Lipinski definition) is 3. The summed E-state index contributed by atoms with van der Waals surface area (Å²) in [5, 5.41) is 10.7. The third kappa shape index (κ3) is 7.33. The van der Waals surface area contributed by atoms with Crippen molar-refractivity contribution < 1.29 is 27.5 Å². The number of carboxylic acids is 1. The number of carbonyl (C=O) groups is 1. The number of aliphatic carboxylic acids is 1. The lowest BCUT2D eigenvalue weighted by molar-refractivity contribution is -0.137. The van der Waals surface area contributed by atoms with Gasteiger partial charge in [-0.25, -0.2) is 9.37 Å². The van der Waals surface area contributed by atoms with Crippen LogP contribution in [0.1, 0.15) is 44.7 Å². The summed E-state index contributed by atoms with van der Waals surface area (Å²) in [6, 6.07) is 7.94. The fraction of sp³-hybridized carbons (Fsp3) is 0.370. The number of imidazole rings is 1. The Balaban J connectivity index is 0.000000934. The first-order valence-electron chi connectivity index (χ1n) is 12.1. The first-order chi connectivity index (χ1) is 17.9. The number of benzene rings is 2. The van der Waals surface area contributed by atoms with E-state index in [2.05, 4.69) is 32.1 Å². The van der Waals surface area contributed by atoms with Gasteiger partial charge in [-0.1, -0.05) is 13.0 Å². The Labute approximate surface area is 218 Å². The number of rotatable bonds is 3. The summed E-state index contributed by atoms with van der Waals surface area (Å²) in [6.07, 6.45) is -0.418. The van der Waals surface area contributed by atoms with Crippen molar-refractivity contribution in [3.8, 4) is 11.4 Å². The van der Waals surface area contributed by atoms with Gasteiger partial charge in [0.25, 0.3) is 5.97 Å². The number of alkyl halides is 3. The van der Waals surface area contributed by atoms with Crippen LogP contribution >= 0.6 is 0 Å². The predicted molar refractivity (Wildman–Crippen MR) is 140 cm³/mol. The van der Waals surface area contributed by atoms with Crippen molar-refractivity contribution >= 4 is 28.5 Å². The van der Waals surface area contributed by atoms with Crippen LogP contribution in [0, 0.1) is 11.7 Å². The zero-order chi connectivity index (χ0) is 28.0. The van der Waals surface area contributed by atoms with E-state index < -0.39 is 23.5 Å². The number of hydrogen-bond donors (Lipinski definition) is 3. The van der Waals surface area contributed by atoms with Crippen LogP contribution in [-0.4, -0.2) is 52.0 Å². The van der Waals surface area contributed by atoms with Gasteiger partial charge in [-0.05, 0) is 67.2 Å². The van der Waals surface area contributed by atoms with Crippen LogP contribution in [0.2, 0.25) is 0 Å². The van der Waals surface area contributed by atoms with E-state index >= 15 is 0 Å². The minimum absolute atomic E-state index is 0.179. The van der Waals surface area contributed by atoms with Gasteiger partial charge < -0.3 is 20.3 Å². The van der Waals surface area contributed by atoms with E-state index in [-0.39, 0.29) is 16.9 Å². The highest BCUT2D eigenvalue weighted by molar-refractivity contribution is 5.83. The van der Waals surface area contributed by atoms with Gasteiger partial charge in [-0.3, -0.25) is 9.79 Å². The molecule has 0 radical (unpaired) electrons. The number of allylic oxidation sites excluding steroid dienone is 1. The number of aromatic amines is 1. The fourth-order valence-electron chi connectivity index (χ4n) is 4.04. The second-order valence-corrected chi connectivity index (χ2v) is 9.22. The second kappa shape index (κ2) is 12.1. The molecule has 38 heavy (non-hydrogen) atoms. The molecule has 3 N–H and O–H groups in total. The molecule has 1 aromatic heterocycles. The van der Waals surface area contributed by atoms with E-state index in [0.717, 1.165) is 56.5 Å². The van der Waals surface area contributed by atoms with Crippen molar-refractivity contribution in [3.05, 3.63) is 59.5 Å². The first-order valence-corrected chi connectivity index (χ1v) is 12.1. The molecule has 11 heteroatoms. The standard InChI is InChI=1S/C25H27F4N5.C2H4O2/c1-15-8-10-34(11-9-15)24(30-3)31-14-16(2)17-4-6-19(20(26)12-17)23-32-21-7-5-18(25(27,28)29)13-22(21)33-23;1-2(3)4/h4-7,12-15H,8-11H2,1-3H3,(H,30,31)(H,32,33);1H3,(H,3,4)/b16-14+;. The second-order valence-electron chi connectivity index (χ2n) is 9.22. The van der Waals surface area contributed by atoms with Crippen molar-refractivity contribution in [3.63, 3.8) is 0 Å². The number of guanidine groups is 1. The van der Waals surface area contributed by atoms with Crippen LogP contribution in [0.25, 0.3) is 28.0 Å². The molecule has 0 spiro atoms. The summed E-state index contributed by atoms with van der Waals surface area (Å²) < 4.78 is 53.9. The molecular weight excluding hydrogens is 502 g/mol. The Bertz CT molecular complexity index is 1330. The highest BCUT2D eigenvalue weighted by Gasteiger charge is 2.30. The molecular formula is C27H31F4N5O2. The highest BCUT2D eigenvalue weighted by Crippen LogP contribution is 2.32. The molecule has 0 saturated carbocycles. The van der Waals surface area contributed by atoms with E-state index in [4.69, 9.17) is 9.90 Å². The number of nitrogens with zero attached hydrogens (tertiary/aromatic N) is 3. The maximum Gasteiger partial charge on any atom is 0.416 e. The quantitative estimate of drug-likeness (QED) is 0.213. The lowest BCUT2D eigenvalue weighted by Crippen LogP contribution is -2.43. The Morgan fingerprint density at radius 2 is 1.84 bits per heavy atom. The average Bonchev–Trinajstić information content (AvgIpc) is 3.27. The summed E-state index contributed by atoms with van der Waals surface area (Å²) in [6.45, 7) is 7.09. The Morgan fingerprint density at radius 3 is 2.42 bits per heavy atom. The number of nitrogens with one attached hydrogen (secondary N) is 2. The van der Waals surface area contributed by atoms with E-state index in [1.165, 1.54) is 12.1 Å². The number of halogens is 4. The Hall–Kier alpha value is -3.89. The monoisotopic (exact) mass is 533 g/mol. The molecule has 2 heterocycles. The van der Waals surface area contributed by atoms with Crippen LogP contribution < -0.4 is 5.32 Å². The topological polar surface area (TPSA) is 93.6 Å². The van der Waals surface area contributed by atoms with Gasteiger partial charge in [0, 0.05) is 33.3 Å². The molecule has 0 aliphatic carbocycles. The number of fused-ring (bicyclic) bond motifs is 1. The fourth-order valence-corrected chi connectivity index (χ4v) is 4.04. The first kappa shape index (κ1) is 28.7. The van der Waals surface area contributed by atoms with Crippen LogP contribution in [0.3, 0.4) is 0 Å². The zero-order valence-corrected chi connectivity index (χ0v) is 21.7. The lowest BCUT2D eigenvalue weighted by Gasteiger charge is -2.32. The third-order valence-electron chi connectivity index (χ3n) is 6.20. The molecule has 0 bridgehead atoms.